The molecule has 4 rings (SSSR count). The van der Waals surface area contributed by atoms with Crippen molar-refractivity contribution < 1.29 is 18.0 Å². The standard InChI is InChI=1S/C20H20F3N5O/c1-27-17(26-16-3-2-9-24-18(16)27)11-13-8-10-28(12-13)19(29)25-15-6-4-14(5-7-15)20(21,22)23/h2-7,9,13H,8,10-12H2,1H3,(H,25,29). The molecule has 2 amide bonds. The van der Waals surface area contributed by atoms with Crippen LogP contribution in [0.5, 0.6) is 0 Å². The summed E-state index contributed by atoms with van der Waals surface area (Å²) in [7, 11) is 1.93. The van der Waals surface area contributed by atoms with E-state index in [9.17, 15) is 18.0 Å². The first kappa shape index (κ1) is 19.2. The minimum Gasteiger partial charge on any atom is -0.324 e. The molecule has 1 fully saturated rings. The second-order valence-corrected chi connectivity index (χ2v) is 7.24. The minimum atomic E-state index is -4.39. The number of rotatable bonds is 3. The van der Waals surface area contributed by atoms with Gasteiger partial charge in [-0.05, 0) is 48.7 Å². The number of urea groups is 1. The van der Waals surface area contributed by atoms with Gasteiger partial charge in [0.25, 0.3) is 0 Å². The van der Waals surface area contributed by atoms with Crippen LogP contribution in [0.3, 0.4) is 0 Å². The van der Waals surface area contributed by atoms with Gasteiger partial charge >= 0.3 is 12.2 Å². The number of nitrogens with one attached hydrogen (secondary N) is 1. The quantitative estimate of drug-likeness (QED) is 0.717. The SMILES string of the molecule is Cn1c(CC2CCN(C(=O)Nc3ccc(C(F)(F)F)cc3)C2)nc2cccnc21. The summed E-state index contributed by atoms with van der Waals surface area (Å²) in [5.74, 6) is 1.19. The number of alkyl halides is 3. The van der Waals surface area contributed by atoms with E-state index in [0.717, 1.165) is 42.0 Å². The molecule has 1 unspecified atom stereocenters. The number of imidazole rings is 1. The predicted octanol–water partition coefficient (Wildman–Crippen LogP) is 4.08. The Morgan fingerprint density at radius 1 is 1.24 bits per heavy atom. The second kappa shape index (κ2) is 7.38. The highest BCUT2D eigenvalue weighted by atomic mass is 19.4. The van der Waals surface area contributed by atoms with Crippen LogP contribution in [0.2, 0.25) is 0 Å². The molecular formula is C20H20F3N5O. The third-order valence-corrected chi connectivity index (χ3v) is 5.23. The number of aromatic nitrogens is 3. The third kappa shape index (κ3) is 4.03. The average molecular weight is 403 g/mol. The first-order chi connectivity index (χ1) is 13.8. The Bertz CT molecular complexity index is 1030. The second-order valence-electron chi connectivity index (χ2n) is 7.24. The summed E-state index contributed by atoms with van der Waals surface area (Å²) in [6.07, 6.45) is -1.08. The molecule has 1 saturated heterocycles. The largest absolute Gasteiger partial charge is 0.416 e. The van der Waals surface area contributed by atoms with Gasteiger partial charge in [-0.2, -0.15) is 13.2 Å². The molecule has 3 heterocycles. The van der Waals surface area contributed by atoms with Gasteiger partial charge in [0, 0.05) is 38.4 Å². The van der Waals surface area contributed by atoms with Gasteiger partial charge in [-0.3, -0.25) is 0 Å². The van der Waals surface area contributed by atoms with Gasteiger partial charge in [-0.15, -0.1) is 0 Å². The summed E-state index contributed by atoms with van der Waals surface area (Å²) in [5, 5.41) is 2.67. The molecule has 29 heavy (non-hydrogen) atoms. The number of pyridine rings is 1. The number of hydrogen-bond acceptors (Lipinski definition) is 3. The van der Waals surface area contributed by atoms with Crippen molar-refractivity contribution in [1.82, 2.24) is 19.4 Å². The molecular weight excluding hydrogens is 383 g/mol. The van der Waals surface area contributed by atoms with E-state index in [2.05, 4.69) is 15.3 Å². The lowest BCUT2D eigenvalue weighted by Crippen LogP contribution is -2.33. The number of carbonyl (C=O) groups is 1. The third-order valence-electron chi connectivity index (χ3n) is 5.23. The number of aryl methyl sites for hydroxylation is 1. The van der Waals surface area contributed by atoms with Crippen LogP contribution in [0.25, 0.3) is 11.2 Å². The highest BCUT2D eigenvalue weighted by Crippen LogP contribution is 2.30. The molecule has 1 aliphatic rings. The monoisotopic (exact) mass is 403 g/mol. The summed E-state index contributed by atoms with van der Waals surface area (Å²) >= 11 is 0. The highest BCUT2D eigenvalue weighted by Gasteiger charge is 2.30. The zero-order chi connectivity index (χ0) is 20.6. The van der Waals surface area contributed by atoms with Crippen molar-refractivity contribution in [3.8, 4) is 0 Å². The van der Waals surface area contributed by atoms with Crippen LogP contribution in [0.4, 0.5) is 23.7 Å². The lowest BCUT2D eigenvalue weighted by atomic mass is 10.0. The van der Waals surface area contributed by atoms with Crippen LogP contribution in [0.1, 0.15) is 17.8 Å². The molecule has 0 saturated carbocycles. The van der Waals surface area contributed by atoms with E-state index in [1.54, 1.807) is 11.1 Å². The van der Waals surface area contributed by atoms with Crippen molar-refractivity contribution in [3.05, 3.63) is 54.0 Å². The normalized spacial score (nSPS) is 17.1. The minimum absolute atomic E-state index is 0.267. The first-order valence-corrected chi connectivity index (χ1v) is 9.31. The van der Waals surface area contributed by atoms with Crippen LogP contribution in [-0.2, 0) is 19.6 Å². The summed E-state index contributed by atoms with van der Waals surface area (Å²) in [6, 6.07) is 7.91. The Balaban J connectivity index is 1.36. The number of hydrogen-bond donors (Lipinski definition) is 1. The van der Waals surface area contributed by atoms with E-state index in [1.165, 1.54) is 12.1 Å². The van der Waals surface area contributed by atoms with Gasteiger partial charge < -0.3 is 14.8 Å². The Kier molecular flexibility index (Phi) is 4.89. The van der Waals surface area contributed by atoms with Crippen LogP contribution in [0, 0.1) is 5.92 Å². The van der Waals surface area contributed by atoms with Gasteiger partial charge in [0.15, 0.2) is 5.65 Å². The molecule has 0 bridgehead atoms. The number of anilines is 1. The van der Waals surface area contributed by atoms with Gasteiger partial charge in [-0.1, -0.05) is 0 Å². The Labute approximate surface area is 165 Å². The van der Waals surface area contributed by atoms with E-state index >= 15 is 0 Å². The number of amides is 2. The molecule has 1 aliphatic heterocycles. The number of benzene rings is 1. The summed E-state index contributed by atoms with van der Waals surface area (Å²) in [5.41, 5.74) is 1.28. The van der Waals surface area contributed by atoms with Crippen LogP contribution in [0.15, 0.2) is 42.6 Å². The van der Waals surface area contributed by atoms with Gasteiger partial charge in [0.05, 0.1) is 5.56 Å². The van der Waals surface area contributed by atoms with Crippen LogP contribution < -0.4 is 5.32 Å². The number of halogens is 3. The number of fused-ring (bicyclic) bond motifs is 1. The maximum absolute atomic E-state index is 12.6. The fourth-order valence-electron chi connectivity index (χ4n) is 3.64. The van der Waals surface area contributed by atoms with Crippen molar-refractivity contribution >= 4 is 22.9 Å². The fraction of sp³-hybridized carbons (Fsp3) is 0.350. The molecule has 0 aliphatic carbocycles. The van der Waals surface area contributed by atoms with E-state index in [4.69, 9.17) is 0 Å². The lowest BCUT2D eigenvalue weighted by Gasteiger charge is -2.18. The molecule has 6 nitrogen and oxygen atoms in total. The number of carbonyl (C=O) groups excluding carboxylic acids is 1. The molecule has 152 valence electrons. The van der Waals surface area contributed by atoms with E-state index in [1.807, 2.05) is 23.7 Å². The molecule has 1 atom stereocenters. The molecule has 0 spiro atoms. The Hall–Kier alpha value is -3.10. The maximum Gasteiger partial charge on any atom is 0.416 e. The van der Waals surface area contributed by atoms with Crippen molar-refractivity contribution in [2.75, 3.05) is 18.4 Å². The topological polar surface area (TPSA) is 63.1 Å². The zero-order valence-electron chi connectivity index (χ0n) is 15.8. The van der Waals surface area contributed by atoms with Gasteiger partial charge in [-0.25, -0.2) is 14.8 Å². The first-order valence-electron chi connectivity index (χ1n) is 9.31. The highest BCUT2D eigenvalue weighted by molar-refractivity contribution is 5.89. The zero-order valence-corrected chi connectivity index (χ0v) is 15.8. The van der Waals surface area contributed by atoms with Crippen molar-refractivity contribution in [1.29, 1.82) is 0 Å². The molecule has 1 aromatic carbocycles. The number of nitrogens with zero attached hydrogens (tertiary/aromatic N) is 4. The van der Waals surface area contributed by atoms with E-state index in [-0.39, 0.29) is 11.9 Å². The van der Waals surface area contributed by atoms with E-state index < -0.39 is 11.7 Å². The van der Waals surface area contributed by atoms with Gasteiger partial charge in [0.2, 0.25) is 0 Å². The van der Waals surface area contributed by atoms with Gasteiger partial charge in [0.1, 0.15) is 11.3 Å². The maximum atomic E-state index is 12.6. The smallest absolute Gasteiger partial charge is 0.324 e. The Morgan fingerprint density at radius 2 is 2.00 bits per heavy atom. The predicted molar refractivity (Wildman–Crippen MR) is 102 cm³/mol. The van der Waals surface area contributed by atoms with Crippen molar-refractivity contribution in [2.24, 2.45) is 13.0 Å². The Morgan fingerprint density at radius 3 is 2.69 bits per heavy atom. The molecule has 1 N–H and O–H groups in total. The van der Waals surface area contributed by atoms with Crippen LogP contribution in [-0.4, -0.2) is 38.6 Å². The number of likely N-dealkylation sites (tertiary alicyclic amines) is 1. The fourth-order valence-corrected chi connectivity index (χ4v) is 3.64. The summed E-state index contributed by atoms with van der Waals surface area (Å²) in [6.45, 7) is 1.17. The lowest BCUT2D eigenvalue weighted by molar-refractivity contribution is -0.137. The molecule has 3 aromatic rings. The molecule has 9 heteroatoms. The van der Waals surface area contributed by atoms with E-state index in [0.29, 0.717) is 18.8 Å². The molecule has 2 aromatic heterocycles. The summed E-state index contributed by atoms with van der Waals surface area (Å²) < 4.78 is 39.9. The summed E-state index contributed by atoms with van der Waals surface area (Å²) in [4.78, 5) is 23.1. The van der Waals surface area contributed by atoms with Crippen molar-refractivity contribution in [2.45, 2.75) is 19.0 Å². The van der Waals surface area contributed by atoms with Crippen molar-refractivity contribution in [3.63, 3.8) is 0 Å². The molecule has 0 radical (unpaired) electrons. The average Bonchev–Trinajstić information content (AvgIpc) is 3.27. The van der Waals surface area contributed by atoms with Crippen LogP contribution >= 0.6 is 0 Å².